The molecule has 0 atom stereocenters. The first-order chi connectivity index (χ1) is 15.2. The summed E-state index contributed by atoms with van der Waals surface area (Å²) in [6.07, 6.45) is 8.36. The minimum Gasteiger partial charge on any atom is -0.454 e. The fourth-order valence-corrected chi connectivity index (χ4v) is 6.23. The van der Waals surface area contributed by atoms with Gasteiger partial charge in [-0.3, -0.25) is 4.79 Å². The van der Waals surface area contributed by atoms with Gasteiger partial charge < -0.3 is 14.8 Å². The van der Waals surface area contributed by atoms with E-state index in [0.29, 0.717) is 5.13 Å². The number of nitrogens with one attached hydrogen (secondary N) is 1. The highest BCUT2D eigenvalue weighted by Gasteiger charge is 2.52. The Morgan fingerprint density at radius 3 is 2.48 bits per heavy atom. The number of carbonyl (C=O) groups excluding carboxylic acids is 1. The van der Waals surface area contributed by atoms with E-state index in [-0.39, 0.29) is 18.1 Å². The van der Waals surface area contributed by atoms with Crippen molar-refractivity contribution >= 4 is 22.4 Å². The molecule has 31 heavy (non-hydrogen) atoms. The lowest BCUT2D eigenvalue weighted by Crippen LogP contribution is -2.27. The Labute approximate surface area is 185 Å². The Morgan fingerprint density at radius 2 is 1.71 bits per heavy atom. The topological polar surface area (TPSA) is 60.5 Å². The molecule has 1 amide bonds. The smallest absolute Gasteiger partial charge is 0.236 e. The molecular weight excluding hydrogens is 408 g/mol. The summed E-state index contributed by atoms with van der Waals surface area (Å²) in [6.45, 7) is 0.239. The number of hydrogen-bond donors (Lipinski definition) is 1. The van der Waals surface area contributed by atoms with E-state index in [9.17, 15) is 4.79 Å². The zero-order valence-corrected chi connectivity index (χ0v) is 18.0. The zero-order chi connectivity index (χ0) is 20.9. The van der Waals surface area contributed by atoms with Crippen molar-refractivity contribution < 1.29 is 14.3 Å². The molecule has 158 valence electrons. The highest BCUT2D eigenvalue weighted by atomic mass is 32.1. The molecule has 1 N–H and O–H groups in total. The second-order valence-corrected chi connectivity index (χ2v) is 9.82. The van der Waals surface area contributed by atoms with Gasteiger partial charge in [0.05, 0.1) is 5.41 Å². The molecule has 0 bridgehead atoms. The van der Waals surface area contributed by atoms with Crippen molar-refractivity contribution in [1.82, 2.24) is 4.98 Å². The van der Waals surface area contributed by atoms with Gasteiger partial charge >= 0.3 is 0 Å². The molecule has 0 saturated heterocycles. The minimum atomic E-state index is -0.489. The molecule has 0 spiro atoms. The third-order valence-electron chi connectivity index (χ3n) is 7.09. The number of aromatic nitrogens is 1. The molecule has 3 aliphatic rings. The van der Waals surface area contributed by atoms with Crippen LogP contribution in [0.2, 0.25) is 0 Å². The number of thiazole rings is 1. The van der Waals surface area contributed by atoms with Crippen LogP contribution in [0.3, 0.4) is 0 Å². The number of anilines is 1. The molecule has 5 nitrogen and oxygen atoms in total. The van der Waals surface area contributed by atoms with Crippen LogP contribution >= 0.6 is 11.3 Å². The fourth-order valence-electron chi connectivity index (χ4n) is 5.15. The molecule has 2 aliphatic carbocycles. The summed E-state index contributed by atoms with van der Waals surface area (Å²) in [5.41, 5.74) is 1.88. The van der Waals surface area contributed by atoms with Gasteiger partial charge in [0.25, 0.3) is 0 Å². The molecule has 2 saturated carbocycles. The lowest BCUT2D eigenvalue weighted by Gasteiger charge is -2.28. The molecule has 2 heterocycles. The summed E-state index contributed by atoms with van der Waals surface area (Å²) >= 11 is 1.62. The van der Waals surface area contributed by atoms with Crippen molar-refractivity contribution in [2.75, 3.05) is 12.1 Å². The van der Waals surface area contributed by atoms with Crippen LogP contribution in [0, 0.1) is 0 Å². The third-order valence-corrected chi connectivity index (χ3v) is 8.21. The van der Waals surface area contributed by atoms with Crippen LogP contribution < -0.4 is 14.8 Å². The van der Waals surface area contributed by atoms with E-state index in [2.05, 4.69) is 40.6 Å². The van der Waals surface area contributed by atoms with Crippen molar-refractivity contribution in [3.8, 4) is 11.5 Å². The predicted molar refractivity (Wildman–Crippen MR) is 120 cm³/mol. The van der Waals surface area contributed by atoms with Gasteiger partial charge in [-0.05, 0) is 48.9 Å². The van der Waals surface area contributed by atoms with Crippen molar-refractivity contribution in [3.63, 3.8) is 0 Å². The maximum atomic E-state index is 13.3. The zero-order valence-electron chi connectivity index (χ0n) is 17.2. The van der Waals surface area contributed by atoms with Gasteiger partial charge in [-0.15, -0.1) is 11.3 Å². The normalized spacial score (nSPS) is 19.9. The fraction of sp³-hybridized carbons (Fsp3) is 0.360. The number of rotatable bonds is 5. The Kier molecular flexibility index (Phi) is 4.32. The van der Waals surface area contributed by atoms with Crippen LogP contribution in [0.5, 0.6) is 11.5 Å². The van der Waals surface area contributed by atoms with Crippen LogP contribution in [0.15, 0.2) is 54.7 Å². The summed E-state index contributed by atoms with van der Waals surface area (Å²) in [4.78, 5) is 19.1. The van der Waals surface area contributed by atoms with Crippen LogP contribution in [0.25, 0.3) is 0 Å². The number of ether oxygens (including phenoxy) is 2. The summed E-state index contributed by atoms with van der Waals surface area (Å²) in [5.74, 6) is 1.49. The van der Waals surface area contributed by atoms with Crippen LogP contribution in [0.4, 0.5) is 5.13 Å². The van der Waals surface area contributed by atoms with Crippen molar-refractivity contribution in [1.29, 1.82) is 0 Å². The quantitative estimate of drug-likeness (QED) is 0.586. The number of hydrogen-bond acceptors (Lipinski definition) is 5. The number of amides is 1. The average Bonchev–Trinajstić information content (AvgIpc) is 3.18. The van der Waals surface area contributed by atoms with E-state index in [4.69, 9.17) is 9.47 Å². The molecule has 0 radical (unpaired) electrons. The van der Waals surface area contributed by atoms with E-state index in [0.717, 1.165) is 42.7 Å². The van der Waals surface area contributed by atoms with Crippen LogP contribution in [-0.2, 0) is 15.6 Å². The van der Waals surface area contributed by atoms with Gasteiger partial charge in [-0.25, -0.2) is 4.98 Å². The van der Waals surface area contributed by atoms with Gasteiger partial charge in [0.15, 0.2) is 16.6 Å². The first-order valence-electron chi connectivity index (χ1n) is 10.9. The SMILES string of the molecule is O=C(Nc1ncc(C2(c3ccccc3)CCCC2)s1)C1(c2ccc3c(c2)OCO3)CC1. The van der Waals surface area contributed by atoms with Crippen molar-refractivity contribution in [2.45, 2.75) is 49.4 Å². The maximum absolute atomic E-state index is 13.3. The monoisotopic (exact) mass is 432 g/mol. The lowest BCUT2D eigenvalue weighted by molar-refractivity contribution is -0.118. The first kappa shape index (κ1) is 18.9. The molecule has 2 aromatic carbocycles. The number of fused-ring (bicyclic) bond motifs is 1. The van der Waals surface area contributed by atoms with Gasteiger partial charge in [0.2, 0.25) is 12.7 Å². The lowest BCUT2D eigenvalue weighted by atomic mass is 9.78. The van der Waals surface area contributed by atoms with Crippen molar-refractivity contribution in [2.24, 2.45) is 0 Å². The molecule has 6 rings (SSSR count). The van der Waals surface area contributed by atoms with E-state index >= 15 is 0 Å². The predicted octanol–water partition coefficient (Wildman–Crippen LogP) is 5.40. The Morgan fingerprint density at radius 1 is 0.935 bits per heavy atom. The second kappa shape index (κ2) is 7.09. The van der Waals surface area contributed by atoms with Crippen LogP contribution in [-0.4, -0.2) is 17.7 Å². The molecule has 2 fully saturated rings. The van der Waals surface area contributed by atoms with Gasteiger partial charge in [0, 0.05) is 16.5 Å². The number of carbonyl (C=O) groups is 1. The Bertz CT molecular complexity index is 1130. The number of nitrogens with zero attached hydrogens (tertiary/aromatic N) is 1. The Hall–Kier alpha value is -2.86. The van der Waals surface area contributed by atoms with E-state index in [1.54, 1.807) is 11.3 Å². The Balaban J connectivity index is 1.25. The highest BCUT2D eigenvalue weighted by Crippen LogP contribution is 2.52. The summed E-state index contributed by atoms with van der Waals surface area (Å²) in [5, 5.41) is 3.81. The molecule has 1 aliphatic heterocycles. The maximum Gasteiger partial charge on any atom is 0.236 e. The average molecular weight is 433 g/mol. The van der Waals surface area contributed by atoms with Gasteiger partial charge in [0.1, 0.15) is 0 Å². The molecule has 3 aromatic rings. The first-order valence-corrected chi connectivity index (χ1v) is 11.7. The van der Waals surface area contributed by atoms with Crippen LogP contribution in [0.1, 0.15) is 54.5 Å². The molecular formula is C25H24N2O3S. The second-order valence-electron chi connectivity index (χ2n) is 8.79. The molecule has 1 aromatic heterocycles. The van der Waals surface area contributed by atoms with Gasteiger partial charge in [-0.2, -0.15) is 0 Å². The van der Waals surface area contributed by atoms with E-state index in [1.807, 2.05) is 24.4 Å². The van der Waals surface area contributed by atoms with Crippen molar-refractivity contribution in [3.05, 3.63) is 70.7 Å². The largest absolute Gasteiger partial charge is 0.454 e. The third kappa shape index (κ3) is 3.04. The number of benzene rings is 2. The van der Waals surface area contributed by atoms with E-state index < -0.39 is 5.41 Å². The summed E-state index contributed by atoms with van der Waals surface area (Å²) in [7, 11) is 0. The summed E-state index contributed by atoms with van der Waals surface area (Å²) < 4.78 is 10.9. The van der Waals surface area contributed by atoms with Gasteiger partial charge in [-0.1, -0.05) is 49.2 Å². The van der Waals surface area contributed by atoms with E-state index in [1.165, 1.54) is 23.3 Å². The minimum absolute atomic E-state index is 0.0208. The molecule has 0 unspecified atom stereocenters. The standard InChI is InChI=1S/C25H24N2O3S/c28-22(25(12-13-25)18-8-9-19-20(14-18)30-16-29-19)27-23-26-15-21(31-23)24(10-4-5-11-24)17-6-2-1-3-7-17/h1-3,6-9,14-15H,4-5,10-13,16H2,(H,26,27,28). The highest BCUT2D eigenvalue weighted by molar-refractivity contribution is 7.16. The summed E-state index contributed by atoms with van der Waals surface area (Å²) in [6, 6.07) is 16.6. The molecule has 6 heteroatoms.